The third-order valence-electron chi connectivity index (χ3n) is 3.29. The molecule has 17 heavy (non-hydrogen) atoms. The largest absolute Gasteiger partial charge is 0.382 e. The van der Waals surface area contributed by atoms with Crippen LogP contribution < -0.4 is 5.73 Å². The third kappa shape index (κ3) is 6.99. The summed E-state index contributed by atoms with van der Waals surface area (Å²) in [6, 6.07) is 0. The van der Waals surface area contributed by atoms with Crippen LogP contribution in [0.25, 0.3) is 0 Å². The summed E-state index contributed by atoms with van der Waals surface area (Å²) in [5.74, 6) is 0. The topological polar surface area (TPSA) is 53.7 Å². The van der Waals surface area contributed by atoms with E-state index in [9.17, 15) is 0 Å². The van der Waals surface area contributed by atoms with Crippen LogP contribution in [0.4, 0.5) is 0 Å². The summed E-state index contributed by atoms with van der Waals surface area (Å²) >= 11 is 0. The number of methoxy groups -OCH3 is 1. The standard InChI is InChI=1S/C13H27NO3/c1-15-8-9-16-10-11-17-12-13(14)6-4-2-3-5-7-13/h2-12,14H2,1H3. The van der Waals surface area contributed by atoms with Gasteiger partial charge >= 0.3 is 0 Å². The summed E-state index contributed by atoms with van der Waals surface area (Å²) in [5.41, 5.74) is 6.24. The van der Waals surface area contributed by atoms with Gasteiger partial charge in [-0.25, -0.2) is 0 Å². The van der Waals surface area contributed by atoms with Crippen LogP contribution in [0.15, 0.2) is 0 Å². The van der Waals surface area contributed by atoms with Crippen LogP contribution in [0.1, 0.15) is 38.5 Å². The minimum absolute atomic E-state index is 0.0942. The van der Waals surface area contributed by atoms with E-state index in [1.165, 1.54) is 25.7 Å². The van der Waals surface area contributed by atoms with Gasteiger partial charge < -0.3 is 19.9 Å². The maximum Gasteiger partial charge on any atom is 0.0701 e. The van der Waals surface area contributed by atoms with Crippen LogP contribution in [-0.2, 0) is 14.2 Å². The Labute approximate surface area is 105 Å². The fraction of sp³-hybridized carbons (Fsp3) is 1.00. The first kappa shape index (κ1) is 14.9. The molecular weight excluding hydrogens is 218 g/mol. The molecule has 1 saturated carbocycles. The molecule has 0 spiro atoms. The second-order valence-electron chi connectivity index (χ2n) is 4.93. The predicted molar refractivity (Wildman–Crippen MR) is 68.1 cm³/mol. The fourth-order valence-electron chi connectivity index (χ4n) is 2.21. The molecule has 1 aliphatic rings. The smallest absolute Gasteiger partial charge is 0.0701 e. The molecule has 0 bridgehead atoms. The van der Waals surface area contributed by atoms with E-state index in [1.807, 2.05) is 0 Å². The monoisotopic (exact) mass is 245 g/mol. The van der Waals surface area contributed by atoms with E-state index in [1.54, 1.807) is 7.11 Å². The fourth-order valence-corrected chi connectivity index (χ4v) is 2.21. The van der Waals surface area contributed by atoms with Gasteiger partial charge in [-0.15, -0.1) is 0 Å². The first-order valence-corrected chi connectivity index (χ1v) is 6.70. The van der Waals surface area contributed by atoms with E-state index in [4.69, 9.17) is 19.9 Å². The van der Waals surface area contributed by atoms with Crippen molar-refractivity contribution < 1.29 is 14.2 Å². The molecule has 1 fully saturated rings. The molecule has 0 amide bonds. The van der Waals surface area contributed by atoms with E-state index in [2.05, 4.69) is 0 Å². The zero-order chi connectivity index (χ0) is 12.4. The molecule has 0 heterocycles. The highest BCUT2D eigenvalue weighted by Crippen LogP contribution is 2.24. The highest BCUT2D eigenvalue weighted by molar-refractivity contribution is 4.85. The van der Waals surface area contributed by atoms with E-state index >= 15 is 0 Å². The van der Waals surface area contributed by atoms with Crippen molar-refractivity contribution in [3.8, 4) is 0 Å². The lowest BCUT2D eigenvalue weighted by molar-refractivity contribution is 0.00918. The summed E-state index contributed by atoms with van der Waals surface area (Å²) in [5, 5.41) is 0. The van der Waals surface area contributed by atoms with E-state index in [-0.39, 0.29) is 5.54 Å². The maximum atomic E-state index is 6.34. The molecule has 0 unspecified atom stereocenters. The number of nitrogens with two attached hydrogens (primary N) is 1. The number of ether oxygens (including phenoxy) is 3. The second-order valence-corrected chi connectivity index (χ2v) is 4.93. The molecule has 0 aliphatic heterocycles. The summed E-state index contributed by atoms with van der Waals surface area (Å²) in [6.45, 7) is 3.19. The molecule has 2 N–H and O–H groups in total. The molecule has 0 saturated heterocycles. The van der Waals surface area contributed by atoms with Crippen LogP contribution >= 0.6 is 0 Å². The highest BCUT2D eigenvalue weighted by Gasteiger charge is 2.26. The molecular formula is C13H27NO3. The van der Waals surface area contributed by atoms with Crippen LogP contribution in [-0.4, -0.2) is 45.7 Å². The lowest BCUT2D eigenvalue weighted by Crippen LogP contribution is -2.44. The Hall–Kier alpha value is -0.160. The Kier molecular flexibility index (Phi) is 7.77. The molecule has 4 heteroatoms. The first-order valence-electron chi connectivity index (χ1n) is 6.70. The lowest BCUT2D eigenvalue weighted by Gasteiger charge is -2.27. The molecule has 1 aliphatic carbocycles. The normalized spacial score (nSPS) is 20.1. The van der Waals surface area contributed by atoms with Crippen molar-refractivity contribution in [2.24, 2.45) is 5.73 Å². The summed E-state index contributed by atoms with van der Waals surface area (Å²) in [4.78, 5) is 0. The van der Waals surface area contributed by atoms with Crippen molar-refractivity contribution in [3.05, 3.63) is 0 Å². The summed E-state index contributed by atoms with van der Waals surface area (Å²) < 4.78 is 15.8. The quantitative estimate of drug-likeness (QED) is 0.522. The van der Waals surface area contributed by atoms with Gasteiger partial charge in [0.25, 0.3) is 0 Å². The van der Waals surface area contributed by atoms with Crippen molar-refractivity contribution in [1.82, 2.24) is 0 Å². The van der Waals surface area contributed by atoms with Gasteiger partial charge in [0.2, 0.25) is 0 Å². The van der Waals surface area contributed by atoms with Crippen molar-refractivity contribution in [2.45, 2.75) is 44.1 Å². The first-order chi connectivity index (χ1) is 8.27. The third-order valence-corrected chi connectivity index (χ3v) is 3.29. The van der Waals surface area contributed by atoms with E-state index in [0.717, 1.165) is 12.8 Å². The Balaban J connectivity index is 2.00. The average molecular weight is 245 g/mol. The van der Waals surface area contributed by atoms with Crippen LogP contribution in [0.2, 0.25) is 0 Å². The second kappa shape index (κ2) is 8.86. The van der Waals surface area contributed by atoms with E-state index in [0.29, 0.717) is 33.0 Å². The minimum Gasteiger partial charge on any atom is -0.382 e. The van der Waals surface area contributed by atoms with Gasteiger partial charge in [0, 0.05) is 12.6 Å². The molecule has 0 aromatic rings. The zero-order valence-corrected chi connectivity index (χ0v) is 11.1. The van der Waals surface area contributed by atoms with Crippen LogP contribution in [0.3, 0.4) is 0 Å². The van der Waals surface area contributed by atoms with Crippen molar-refractivity contribution in [1.29, 1.82) is 0 Å². The van der Waals surface area contributed by atoms with Crippen LogP contribution in [0.5, 0.6) is 0 Å². The van der Waals surface area contributed by atoms with Gasteiger partial charge in [-0.05, 0) is 12.8 Å². The molecule has 0 atom stereocenters. The molecule has 0 radical (unpaired) electrons. The summed E-state index contributed by atoms with van der Waals surface area (Å²) in [6.07, 6.45) is 7.31. The Morgan fingerprint density at radius 3 is 2.12 bits per heavy atom. The van der Waals surface area contributed by atoms with Crippen LogP contribution in [0, 0.1) is 0 Å². The van der Waals surface area contributed by atoms with Gasteiger partial charge in [-0.2, -0.15) is 0 Å². The van der Waals surface area contributed by atoms with Crippen molar-refractivity contribution in [2.75, 3.05) is 40.1 Å². The number of rotatable bonds is 8. The molecule has 102 valence electrons. The molecule has 1 rings (SSSR count). The maximum absolute atomic E-state index is 6.34. The zero-order valence-electron chi connectivity index (χ0n) is 11.1. The Morgan fingerprint density at radius 2 is 1.47 bits per heavy atom. The Morgan fingerprint density at radius 1 is 0.882 bits per heavy atom. The minimum atomic E-state index is -0.0942. The van der Waals surface area contributed by atoms with Gasteiger partial charge in [-0.3, -0.25) is 0 Å². The SMILES string of the molecule is COCCOCCOCC1(N)CCCCCC1. The number of hydrogen-bond acceptors (Lipinski definition) is 4. The molecule has 0 aromatic heterocycles. The van der Waals surface area contributed by atoms with E-state index < -0.39 is 0 Å². The van der Waals surface area contributed by atoms with Gasteiger partial charge in [-0.1, -0.05) is 25.7 Å². The van der Waals surface area contributed by atoms with Gasteiger partial charge in [0.15, 0.2) is 0 Å². The van der Waals surface area contributed by atoms with Crippen molar-refractivity contribution >= 4 is 0 Å². The Bertz CT molecular complexity index is 180. The number of hydrogen-bond donors (Lipinski definition) is 1. The van der Waals surface area contributed by atoms with Gasteiger partial charge in [0.1, 0.15) is 0 Å². The molecule has 4 nitrogen and oxygen atoms in total. The highest BCUT2D eigenvalue weighted by atomic mass is 16.5. The lowest BCUT2D eigenvalue weighted by atomic mass is 9.93. The van der Waals surface area contributed by atoms with Gasteiger partial charge in [0.05, 0.1) is 33.0 Å². The summed E-state index contributed by atoms with van der Waals surface area (Å²) in [7, 11) is 1.67. The average Bonchev–Trinajstić information content (AvgIpc) is 2.53. The molecule has 0 aromatic carbocycles. The predicted octanol–water partition coefficient (Wildman–Crippen LogP) is 1.72. The van der Waals surface area contributed by atoms with Crippen molar-refractivity contribution in [3.63, 3.8) is 0 Å².